The number of benzene rings is 14. The number of nitrogens with one attached hydrogen (secondary N) is 2. The molecule has 464 valence electrons. The number of hydrogen-bond donors (Lipinski definition) is 2. The Bertz CT molecular complexity index is 4630. The van der Waals surface area contributed by atoms with E-state index >= 15 is 0 Å². The van der Waals surface area contributed by atoms with Gasteiger partial charge in [0.2, 0.25) is 0 Å². The third-order valence-corrected chi connectivity index (χ3v) is 18.8. The molecule has 2 aliphatic rings. The SMILES string of the molecule is CC1(C)c2ccccc2N(c2ccccc2)c2ccc(N(c3ccccc3)c3ccc(-c4ccc(N(c5ccccc5)c5ccc6c(c5)C(C)(C)c5ccccc5N6c5ccccc5)cc4)cc3)cc21.c1ccc(Nc2ccc(-c3ccc(Nc4ccccc4)cc3)cc2)cc1. The maximum absolute atomic E-state index is 3.41. The van der Waals surface area contributed by atoms with Crippen LogP contribution in [0.2, 0.25) is 0 Å². The Kier molecular flexibility index (Phi) is 16.4. The highest BCUT2D eigenvalue weighted by Gasteiger charge is 2.39. The summed E-state index contributed by atoms with van der Waals surface area (Å²) in [5.74, 6) is 0. The molecule has 6 heteroatoms. The van der Waals surface area contributed by atoms with Crippen molar-refractivity contribution < 1.29 is 0 Å². The molecule has 0 atom stereocenters. The first-order valence-corrected chi connectivity index (χ1v) is 33.1. The molecular weight excluding hydrogens is 1170 g/mol. The molecule has 96 heavy (non-hydrogen) atoms. The van der Waals surface area contributed by atoms with E-state index in [0.717, 1.165) is 79.4 Å². The fraction of sp³-hybridized carbons (Fsp3) is 0.0667. The predicted molar refractivity (Wildman–Crippen MR) is 406 cm³/mol. The smallest absolute Gasteiger partial charge is 0.0504 e. The maximum Gasteiger partial charge on any atom is 0.0504 e. The summed E-state index contributed by atoms with van der Waals surface area (Å²) in [5, 5.41) is 6.82. The molecule has 0 radical (unpaired) electrons. The standard InChI is InChI=1S/C66H54N4.C24H20N2/c1-65(2)57-29-17-19-31-61(57)69(51-25-13-7-14-26-51)63-43-41-55(45-59(63)65)67(49-21-9-5-10-22-49)53-37-33-47(34-38-53)48-35-39-54(40-36-48)68(50-23-11-6-12-24-50)56-42-44-64-60(46-56)66(3,4)58-30-18-20-32-62(58)70(64)52-27-15-8-16-28-52;1-3-7-21(8-4-1)25-23-15-11-19(12-16-23)20-13-17-24(18-14-20)26-22-9-5-2-6-10-22/h5-46H,1-4H3;1-18,25-26H. The molecule has 0 amide bonds. The largest absolute Gasteiger partial charge is 0.356 e. The van der Waals surface area contributed by atoms with Gasteiger partial charge in [0.25, 0.3) is 0 Å². The van der Waals surface area contributed by atoms with Gasteiger partial charge >= 0.3 is 0 Å². The quantitative estimate of drug-likeness (QED) is 0.113. The van der Waals surface area contributed by atoms with E-state index in [9.17, 15) is 0 Å². The fourth-order valence-corrected chi connectivity index (χ4v) is 13.9. The summed E-state index contributed by atoms with van der Waals surface area (Å²) in [5.41, 5.74) is 27.6. The normalized spacial score (nSPS) is 12.9. The highest BCUT2D eigenvalue weighted by Crippen LogP contribution is 2.55. The highest BCUT2D eigenvalue weighted by molar-refractivity contribution is 5.91. The van der Waals surface area contributed by atoms with Crippen LogP contribution in [0.1, 0.15) is 49.9 Å². The van der Waals surface area contributed by atoms with E-state index in [0.29, 0.717) is 0 Å². The Morgan fingerprint density at radius 3 is 0.812 bits per heavy atom. The van der Waals surface area contributed by atoms with Crippen LogP contribution in [0.25, 0.3) is 22.3 Å². The maximum atomic E-state index is 3.41. The number of nitrogens with zero attached hydrogens (tertiary/aromatic N) is 4. The molecule has 2 heterocycles. The first-order valence-electron chi connectivity index (χ1n) is 33.1. The molecule has 0 aromatic heterocycles. The van der Waals surface area contributed by atoms with E-state index in [1.807, 2.05) is 36.4 Å². The molecule has 14 aromatic rings. The van der Waals surface area contributed by atoms with Crippen molar-refractivity contribution in [2.45, 2.75) is 38.5 Å². The van der Waals surface area contributed by atoms with Crippen LogP contribution in [0.15, 0.2) is 364 Å². The van der Waals surface area contributed by atoms with Crippen LogP contribution in [0.5, 0.6) is 0 Å². The summed E-state index contributed by atoms with van der Waals surface area (Å²) in [6.45, 7) is 9.42. The van der Waals surface area contributed by atoms with Crippen LogP contribution in [0.4, 0.5) is 91.0 Å². The van der Waals surface area contributed by atoms with Crippen LogP contribution in [-0.4, -0.2) is 0 Å². The van der Waals surface area contributed by atoms with E-state index in [2.05, 4.69) is 386 Å². The van der Waals surface area contributed by atoms with Gasteiger partial charge in [0, 0.05) is 79.1 Å². The van der Waals surface area contributed by atoms with Gasteiger partial charge in [-0.05, 0) is 214 Å². The monoisotopic (exact) mass is 1240 g/mol. The van der Waals surface area contributed by atoms with Gasteiger partial charge in [-0.1, -0.05) is 222 Å². The molecule has 0 saturated heterocycles. The second-order valence-electron chi connectivity index (χ2n) is 25.6. The van der Waals surface area contributed by atoms with Crippen LogP contribution < -0.4 is 30.2 Å². The Balaban J connectivity index is 0.000000243. The van der Waals surface area contributed by atoms with Crippen molar-refractivity contribution >= 4 is 91.0 Å². The lowest BCUT2D eigenvalue weighted by Crippen LogP contribution is -2.30. The third kappa shape index (κ3) is 11.9. The topological polar surface area (TPSA) is 37.0 Å². The summed E-state index contributed by atoms with van der Waals surface area (Å²) >= 11 is 0. The molecule has 2 aliphatic heterocycles. The molecule has 16 rings (SSSR count). The zero-order chi connectivity index (χ0) is 65.0. The molecule has 6 nitrogen and oxygen atoms in total. The van der Waals surface area contributed by atoms with Crippen molar-refractivity contribution in [1.29, 1.82) is 0 Å². The molecule has 14 aromatic carbocycles. The Labute approximate surface area is 564 Å². The van der Waals surface area contributed by atoms with Crippen molar-refractivity contribution in [2.24, 2.45) is 0 Å². The summed E-state index contributed by atoms with van der Waals surface area (Å²) in [4.78, 5) is 9.59. The fourth-order valence-electron chi connectivity index (χ4n) is 13.9. The molecule has 0 saturated carbocycles. The van der Waals surface area contributed by atoms with Gasteiger partial charge in [-0.3, -0.25) is 0 Å². The minimum Gasteiger partial charge on any atom is -0.356 e. The lowest BCUT2D eigenvalue weighted by Gasteiger charge is -2.42. The minimum absolute atomic E-state index is 0.228. The van der Waals surface area contributed by atoms with Gasteiger partial charge in [0.1, 0.15) is 0 Å². The highest BCUT2D eigenvalue weighted by atomic mass is 15.2. The van der Waals surface area contributed by atoms with Crippen molar-refractivity contribution in [1.82, 2.24) is 0 Å². The van der Waals surface area contributed by atoms with Crippen molar-refractivity contribution in [3.05, 3.63) is 386 Å². The lowest BCUT2D eigenvalue weighted by atomic mass is 9.73. The zero-order valence-electron chi connectivity index (χ0n) is 54.4. The summed E-state index contributed by atoms with van der Waals surface area (Å²) in [6.07, 6.45) is 0. The Morgan fingerprint density at radius 1 is 0.219 bits per heavy atom. The van der Waals surface area contributed by atoms with Gasteiger partial charge in [-0.2, -0.15) is 0 Å². The second-order valence-corrected chi connectivity index (χ2v) is 25.6. The molecule has 0 bridgehead atoms. The molecule has 0 aliphatic carbocycles. The van der Waals surface area contributed by atoms with E-state index in [-0.39, 0.29) is 10.8 Å². The van der Waals surface area contributed by atoms with E-state index < -0.39 is 0 Å². The van der Waals surface area contributed by atoms with Crippen LogP contribution in [0.3, 0.4) is 0 Å². The van der Waals surface area contributed by atoms with Crippen molar-refractivity contribution in [3.63, 3.8) is 0 Å². The van der Waals surface area contributed by atoms with E-state index in [1.54, 1.807) is 0 Å². The molecule has 0 spiro atoms. The molecule has 0 unspecified atom stereocenters. The lowest BCUT2D eigenvalue weighted by molar-refractivity contribution is 0.632. The number of anilines is 16. The number of rotatable bonds is 14. The van der Waals surface area contributed by atoms with Crippen LogP contribution in [0, 0.1) is 0 Å². The molecular formula is C90H74N6. The zero-order valence-corrected chi connectivity index (χ0v) is 54.4. The number of para-hydroxylation sites is 8. The van der Waals surface area contributed by atoms with Gasteiger partial charge < -0.3 is 30.2 Å². The van der Waals surface area contributed by atoms with Gasteiger partial charge in [0.05, 0.1) is 22.7 Å². The summed E-state index contributed by atoms with van der Waals surface area (Å²) in [7, 11) is 0. The summed E-state index contributed by atoms with van der Waals surface area (Å²) < 4.78 is 0. The van der Waals surface area contributed by atoms with E-state index in [4.69, 9.17) is 0 Å². The average Bonchev–Trinajstić information content (AvgIpc) is 0.731. The van der Waals surface area contributed by atoms with Crippen molar-refractivity contribution in [2.75, 3.05) is 30.2 Å². The number of hydrogen-bond acceptors (Lipinski definition) is 6. The third-order valence-electron chi connectivity index (χ3n) is 18.8. The second kappa shape index (κ2) is 26.1. The first-order chi connectivity index (χ1) is 47.1. The van der Waals surface area contributed by atoms with Gasteiger partial charge in [-0.15, -0.1) is 0 Å². The minimum atomic E-state index is -0.228. The number of fused-ring (bicyclic) bond motifs is 4. The van der Waals surface area contributed by atoms with E-state index in [1.165, 1.54) is 56.1 Å². The Hall–Kier alpha value is -12.1. The van der Waals surface area contributed by atoms with Crippen LogP contribution in [-0.2, 0) is 10.8 Å². The van der Waals surface area contributed by atoms with Gasteiger partial charge in [0.15, 0.2) is 0 Å². The molecule has 2 N–H and O–H groups in total. The molecule has 0 fully saturated rings. The van der Waals surface area contributed by atoms with Gasteiger partial charge in [-0.25, -0.2) is 0 Å². The van der Waals surface area contributed by atoms with Crippen LogP contribution >= 0.6 is 0 Å². The predicted octanol–water partition coefficient (Wildman–Crippen LogP) is 25.4. The first kappa shape index (κ1) is 60.1. The summed E-state index contributed by atoms with van der Waals surface area (Å²) in [6, 6.07) is 130. The van der Waals surface area contributed by atoms with Crippen molar-refractivity contribution in [3.8, 4) is 22.3 Å². The Morgan fingerprint density at radius 2 is 0.469 bits per heavy atom. The average molecular weight is 1240 g/mol.